The molecule has 0 aliphatic rings. The molecule has 5 heteroatoms. The summed E-state index contributed by atoms with van der Waals surface area (Å²) in [7, 11) is 0. The molecule has 106 valence electrons. The summed E-state index contributed by atoms with van der Waals surface area (Å²) >= 11 is 0. The maximum absolute atomic E-state index is 11.6. The Balaban J connectivity index is 3.72. The summed E-state index contributed by atoms with van der Waals surface area (Å²) in [5, 5.41) is 8.69. The van der Waals surface area contributed by atoms with Crippen LogP contribution in [0.25, 0.3) is 0 Å². The van der Waals surface area contributed by atoms with Crippen LogP contribution in [0, 0.1) is 5.92 Å². The molecule has 0 heterocycles. The fourth-order valence-electron chi connectivity index (χ4n) is 1.35. The van der Waals surface area contributed by atoms with Crippen molar-refractivity contribution in [2.75, 3.05) is 13.1 Å². The third-order valence-corrected chi connectivity index (χ3v) is 2.33. The first kappa shape index (κ1) is 16.9. The van der Waals surface area contributed by atoms with Gasteiger partial charge in [0, 0.05) is 25.6 Å². The number of nitrogens with one attached hydrogen (secondary N) is 3. The molecule has 18 heavy (non-hydrogen) atoms. The van der Waals surface area contributed by atoms with E-state index in [1.807, 2.05) is 13.8 Å². The van der Waals surface area contributed by atoms with E-state index in [2.05, 4.69) is 29.8 Å². The van der Waals surface area contributed by atoms with Gasteiger partial charge in [-0.05, 0) is 26.7 Å². The first-order valence-electron chi connectivity index (χ1n) is 6.63. The van der Waals surface area contributed by atoms with Crippen LogP contribution in [0.3, 0.4) is 0 Å². The predicted molar refractivity (Wildman–Crippen MR) is 73.2 cm³/mol. The third kappa shape index (κ3) is 8.98. The molecular formula is C13H27N3O2. The van der Waals surface area contributed by atoms with Gasteiger partial charge in [0.2, 0.25) is 11.8 Å². The predicted octanol–water partition coefficient (Wildman–Crippen LogP) is 0.651. The second kappa shape index (κ2) is 8.91. The first-order valence-corrected chi connectivity index (χ1v) is 6.63. The molecule has 0 spiro atoms. The Morgan fingerprint density at radius 2 is 1.67 bits per heavy atom. The van der Waals surface area contributed by atoms with Crippen molar-refractivity contribution in [3.8, 4) is 0 Å². The van der Waals surface area contributed by atoms with Gasteiger partial charge in [-0.25, -0.2) is 0 Å². The molecule has 0 radical (unpaired) electrons. The summed E-state index contributed by atoms with van der Waals surface area (Å²) in [5.74, 6) is 0.429. The highest BCUT2D eigenvalue weighted by atomic mass is 16.2. The van der Waals surface area contributed by atoms with Gasteiger partial charge < -0.3 is 16.0 Å². The molecule has 0 saturated heterocycles. The van der Waals surface area contributed by atoms with E-state index in [0.717, 1.165) is 0 Å². The standard InChI is InChI=1S/C13H27N3O2/c1-9(2)8-15-13(18)11(5)14-7-6-12(17)16-10(3)4/h9-11,14H,6-8H2,1-5H3,(H,15,18)(H,16,17). The molecule has 0 bridgehead atoms. The fraction of sp³-hybridized carbons (Fsp3) is 0.846. The smallest absolute Gasteiger partial charge is 0.236 e. The lowest BCUT2D eigenvalue weighted by molar-refractivity contribution is -0.124. The fourth-order valence-corrected chi connectivity index (χ4v) is 1.35. The van der Waals surface area contributed by atoms with Crippen molar-refractivity contribution in [2.45, 2.75) is 53.1 Å². The summed E-state index contributed by atoms with van der Waals surface area (Å²) < 4.78 is 0. The average molecular weight is 257 g/mol. The zero-order chi connectivity index (χ0) is 14.1. The summed E-state index contributed by atoms with van der Waals surface area (Å²) in [4.78, 5) is 23.0. The van der Waals surface area contributed by atoms with Crippen LogP contribution in [0.5, 0.6) is 0 Å². The van der Waals surface area contributed by atoms with Crippen molar-refractivity contribution in [2.24, 2.45) is 5.92 Å². The van der Waals surface area contributed by atoms with E-state index in [4.69, 9.17) is 0 Å². The summed E-state index contributed by atoms with van der Waals surface area (Å²) in [6.07, 6.45) is 0.389. The van der Waals surface area contributed by atoms with Crippen molar-refractivity contribution < 1.29 is 9.59 Å². The lowest BCUT2D eigenvalue weighted by atomic mass is 10.2. The van der Waals surface area contributed by atoms with Gasteiger partial charge in [0.25, 0.3) is 0 Å². The van der Waals surface area contributed by atoms with E-state index in [9.17, 15) is 9.59 Å². The van der Waals surface area contributed by atoms with Gasteiger partial charge in [-0.15, -0.1) is 0 Å². The Bertz CT molecular complexity index is 265. The molecule has 0 aliphatic heterocycles. The second-order valence-corrected chi connectivity index (χ2v) is 5.29. The maximum Gasteiger partial charge on any atom is 0.236 e. The number of hydrogen-bond acceptors (Lipinski definition) is 3. The van der Waals surface area contributed by atoms with Crippen molar-refractivity contribution in [1.82, 2.24) is 16.0 Å². The largest absolute Gasteiger partial charge is 0.354 e. The Morgan fingerprint density at radius 1 is 1.06 bits per heavy atom. The summed E-state index contributed by atoms with van der Waals surface area (Å²) in [6.45, 7) is 10.9. The van der Waals surface area contributed by atoms with Gasteiger partial charge >= 0.3 is 0 Å². The van der Waals surface area contributed by atoms with Crippen LogP contribution in [0.2, 0.25) is 0 Å². The zero-order valence-electron chi connectivity index (χ0n) is 12.2. The number of amides is 2. The van der Waals surface area contributed by atoms with Crippen LogP contribution in [0.15, 0.2) is 0 Å². The molecular weight excluding hydrogens is 230 g/mol. The van der Waals surface area contributed by atoms with E-state index in [1.165, 1.54) is 0 Å². The maximum atomic E-state index is 11.6. The van der Waals surface area contributed by atoms with Gasteiger partial charge in [-0.2, -0.15) is 0 Å². The van der Waals surface area contributed by atoms with Gasteiger partial charge in [-0.1, -0.05) is 13.8 Å². The molecule has 0 rings (SSSR count). The van der Waals surface area contributed by atoms with E-state index < -0.39 is 0 Å². The first-order chi connectivity index (χ1) is 8.32. The van der Waals surface area contributed by atoms with Crippen LogP contribution >= 0.6 is 0 Å². The van der Waals surface area contributed by atoms with Crippen molar-refractivity contribution in [3.63, 3.8) is 0 Å². The molecule has 0 aromatic heterocycles. The van der Waals surface area contributed by atoms with Gasteiger partial charge in [0.15, 0.2) is 0 Å². The highest BCUT2D eigenvalue weighted by molar-refractivity contribution is 5.81. The molecule has 3 N–H and O–H groups in total. The summed E-state index contributed by atoms with van der Waals surface area (Å²) in [5.41, 5.74) is 0. The van der Waals surface area contributed by atoms with Gasteiger partial charge in [0.1, 0.15) is 0 Å². The molecule has 1 unspecified atom stereocenters. The third-order valence-electron chi connectivity index (χ3n) is 2.33. The minimum atomic E-state index is -0.268. The van der Waals surface area contributed by atoms with Crippen LogP contribution in [0.1, 0.15) is 41.0 Å². The molecule has 2 amide bonds. The number of carbonyl (C=O) groups excluding carboxylic acids is 2. The van der Waals surface area contributed by atoms with Crippen molar-refractivity contribution >= 4 is 11.8 Å². The van der Waals surface area contributed by atoms with Crippen molar-refractivity contribution in [1.29, 1.82) is 0 Å². The Hall–Kier alpha value is -1.10. The van der Waals surface area contributed by atoms with Crippen LogP contribution in [-0.2, 0) is 9.59 Å². The highest BCUT2D eigenvalue weighted by Gasteiger charge is 2.12. The normalized spacial score (nSPS) is 12.6. The minimum Gasteiger partial charge on any atom is -0.354 e. The second-order valence-electron chi connectivity index (χ2n) is 5.29. The summed E-state index contributed by atoms with van der Waals surface area (Å²) in [6, 6.07) is -0.111. The Labute approximate surface area is 110 Å². The molecule has 0 fully saturated rings. The van der Waals surface area contributed by atoms with E-state index in [1.54, 1.807) is 6.92 Å². The monoisotopic (exact) mass is 257 g/mol. The van der Waals surface area contributed by atoms with Crippen LogP contribution in [0.4, 0.5) is 0 Å². The topological polar surface area (TPSA) is 70.2 Å². The lowest BCUT2D eigenvalue weighted by Crippen LogP contribution is -2.44. The molecule has 0 aliphatic carbocycles. The molecule has 0 aromatic rings. The van der Waals surface area contributed by atoms with Crippen molar-refractivity contribution in [3.05, 3.63) is 0 Å². The van der Waals surface area contributed by atoms with E-state index in [-0.39, 0.29) is 23.9 Å². The lowest BCUT2D eigenvalue weighted by Gasteiger charge is -2.15. The zero-order valence-corrected chi connectivity index (χ0v) is 12.2. The Morgan fingerprint density at radius 3 is 2.17 bits per heavy atom. The quantitative estimate of drug-likeness (QED) is 0.598. The SMILES string of the molecule is CC(C)CNC(=O)C(C)NCCC(=O)NC(C)C. The van der Waals surface area contributed by atoms with E-state index in [0.29, 0.717) is 25.4 Å². The van der Waals surface area contributed by atoms with Crippen LogP contribution < -0.4 is 16.0 Å². The molecule has 5 nitrogen and oxygen atoms in total. The minimum absolute atomic E-state index is 0.00675. The Kier molecular flexibility index (Phi) is 8.37. The number of rotatable bonds is 8. The van der Waals surface area contributed by atoms with Gasteiger partial charge in [-0.3, -0.25) is 9.59 Å². The number of carbonyl (C=O) groups is 2. The van der Waals surface area contributed by atoms with E-state index >= 15 is 0 Å². The molecule has 0 saturated carbocycles. The van der Waals surface area contributed by atoms with Gasteiger partial charge in [0.05, 0.1) is 6.04 Å². The highest BCUT2D eigenvalue weighted by Crippen LogP contribution is 1.90. The van der Waals surface area contributed by atoms with Crippen LogP contribution in [-0.4, -0.2) is 37.0 Å². The number of hydrogen-bond donors (Lipinski definition) is 3. The molecule has 0 aromatic carbocycles. The average Bonchev–Trinajstić information content (AvgIpc) is 2.24. The molecule has 1 atom stereocenters.